The number of likely N-dealkylation sites (tertiary alicyclic amines) is 1. The Hall–Kier alpha value is -2.79. The Morgan fingerprint density at radius 2 is 2.03 bits per heavy atom. The molecular formula is C22H31N5O3. The zero-order valence-electron chi connectivity index (χ0n) is 18.2. The second kappa shape index (κ2) is 8.92. The molecule has 0 aromatic heterocycles. The number of rotatable bonds is 4. The van der Waals surface area contributed by atoms with Gasteiger partial charge in [0.1, 0.15) is 11.6 Å². The van der Waals surface area contributed by atoms with Gasteiger partial charge in [0, 0.05) is 32.7 Å². The van der Waals surface area contributed by atoms with E-state index >= 15 is 0 Å². The van der Waals surface area contributed by atoms with Crippen LogP contribution in [-0.4, -0.2) is 61.3 Å². The summed E-state index contributed by atoms with van der Waals surface area (Å²) < 4.78 is 5.33. The summed E-state index contributed by atoms with van der Waals surface area (Å²) in [6.45, 7) is 8.13. The molecule has 2 aliphatic rings. The average molecular weight is 414 g/mol. The fourth-order valence-corrected chi connectivity index (χ4v) is 3.98. The van der Waals surface area contributed by atoms with Crippen LogP contribution in [0.1, 0.15) is 45.6 Å². The summed E-state index contributed by atoms with van der Waals surface area (Å²) in [5, 5.41) is 14.9. The Morgan fingerprint density at radius 3 is 2.67 bits per heavy atom. The van der Waals surface area contributed by atoms with E-state index in [0.29, 0.717) is 17.7 Å². The van der Waals surface area contributed by atoms with Crippen molar-refractivity contribution in [2.45, 2.75) is 57.7 Å². The van der Waals surface area contributed by atoms with E-state index in [2.05, 4.69) is 21.6 Å². The summed E-state index contributed by atoms with van der Waals surface area (Å²) in [6.07, 6.45) is 2.09. The zero-order chi connectivity index (χ0) is 21.9. The van der Waals surface area contributed by atoms with E-state index in [0.717, 1.165) is 38.2 Å². The van der Waals surface area contributed by atoms with E-state index < -0.39 is 5.60 Å². The number of fused-ring (bicyclic) bond motifs is 1. The van der Waals surface area contributed by atoms with Crippen molar-refractivity contribution in [1.82, 2.24) is 10.2 Å². The maximum Gasteiger partial charge on any atom is 0.407 e. The number of nitrogens with zero attached hydrogens (tertiary/aromatic N) is 3. The van der Waals surface area contributed by atoms with Crippen molar-refractivity contribution < 1.29 is 14.3 Å². The number of nitrogens with one attached hydrogen (secondary N) is 2. The number of anilines is 2. The monoisotopic (exact) mass is 413 g/mol. The van der Waals surface area contributed by atoms with E-state index in [1.807, 2.05) is 38.8 Å². The van der Waals surface area contributed by atoms with Gasteiger partial charge in [-0.25, -0.2) is 4.79 Å². The SMILES string of the molecule is CN1c2ccc(C#N)cc2NC(=O)C1CCN1CCC(NC(=O)OC(C)(C)C)CC1. The van der Waals surface area contributed by atoms with Gasteiger partial charge in [-0.05, 0) is 58.2 Å². The smallest absolute Gasteiger partial charge is 0.407 e. The molecule has 1 aromatic rings. The third-order valence-electron chi connectivity index (χ3n) is 5.56. The summed E-state index contributed by atoms with van der Waals surface area (Å²) in [5.74, 6) is -0.0402. The molecule has 0 aliphatic carbocycles. The quantitative estimate of drug-likeness (QED) is 0.788. The first-order valence-corrected chi connectivity index (χ1v) is 10.5. The topological polar surface area (TPSA) is 97.7 Å². The maximum atomic E-state index is 12.6. The lowest BCUT2D eigenvalue weighted by molar-refractivity contribution is -0.117. The van der Waals surface area contributed by atoms with E-state index in [4.69, 9.17) is 10.00 Å². The normalized spacial score (nSPS) is 20.2. The lowest BCUT2D eigenvalue weighted by Crippen LogP contribution is -2.49. The molecule has 1 fully saturated rings. The fourth-order valence-electron chi connectivity index (χ4n) is 3.98. The first-order valence-electron chi connectivity index (χ1n) is 10.5. The van der Waals surface area contributed by atoms with Crippen LogP contribution in [0.5, 0.6) is 0 Å². The van der Waals surface area contributed by atoms with E-state index in [1.165, 1.54) is 0 Å². The largest absolute Gasteiger partial charge is 0.444 e. The molecule has 8 heteroatoms. The van der Waals surface area contributed by atoms with Crippen molar-refractivity contribution >= 4 is 23.4 Å². The number of carbonyl (C=O) groups excluding carboxylic acids is 2. The van der Waals surface area contributed by atoms with Gasteiger partial charge in [0.2, 0.25) is 5.91 Å². The molecular weight excluding hydrogens is 382 g/mol. The number of benzene rings is 1. The maximum absolute atomic E-state index is 12.6. The molecule has 1 unspecified atom stereocenters. The number of amides is 2. The summed E-state index contributed by atoms with van der Waals surface area (Å²) in [4.78, 5) is 28.9. The standard InChI is InChI=1S/C22H31N5O3/c1-22(2,3)30-21(29)24-16-7-10-27(11-8-16)12-9-19-20(28)25-17-13-15(14-23)5-6-18(17)26(19)4/h5-6,13,16,19H,7-12H2,1-4H3,(H,24,29)(H,25,28). The third kappa shape index (κ3) is 5.42. The molecule has 1 atom stereocenters. The first kappa shape index (κ1) is 21.9. The minimum atomic E-state index is -0.494. The minimum absolute atomic E-state index is 0.0402. The van der Waals surface area contributed by atoms with Gasteiger partial charge >= 0.3 is 6.09 Å². The molecule has 0 bridgehead atoms. The summed E-state index contributed by atoms with van der Waals surface area (Å²) >= 11 is 0. The number of carbonyl (C=O) groups is 2. The zero-order valence-corrected chi connectivity index (χ0v) is 18.2. The molecule has 0 saturated carbocycles. The van der Waals surface area contributed by atoms with E-state index in [1.54, 1.807) is 12.1 Å². The van der Waals surface area contributed by atoms with Gasteiger partial charge in [-0.1, -0.05) is 0 Å². The van der Waals surface area contributed by atoms with Crippen molar-refractivity contribution in [1.29, 1.82) is 5.26 Å². The van der Waals surface area contributed by atoms with Crippen LogP contribution in [0.4, 0.5) is 16.2 Å². The van der Waals surface area contributed by atoms with E-state index in [9.17, 15) is 9.59 Å². The number of hydrogen-bond acceptors (Lipinski definition) is 6. The molecule has 2 heterocycles. The Morgan fingerprint density at radius 1 is 1.33 bits per heavy atom. The van der Waals surface area contributed by atoms with Gasteiger partial charge in [0.05, 0.1) is 23.0 Å². The van der Waals surface area contributed by atoms with E-state index in [-0.39, 0.29) is 24.1 Å². The average Bonchev–Trinajstić information content (AvgIpc) is 2.67. The Bertz CT molecular complexity index is 834. The van der Waals surface area contributed by atoms with Crippen molar-refractivity contribution in [2.24, 2.45) is 0 Å². The second-order valence-corrected chi connectivity index (χ2v) is 9.01. The minimum Gasteiger partial charge on any atom is -0.444 e. The highest BCUT2D eigenvalue weighted by Gasteiger charge is 2.31. The molecule has 30 heavy (non-hydrogen) atoms. The number of ether oxygens (including phenoxy) is 1. The van der Waals surface area contributed by atoms with Crippen LogP contribution in [0.2, 0.25) is 0 Å². The number of nitriles is 1. The molecule has 0 spiro atoms. The van der Waals surface area contributed by atoms with Gasteiger partial charge in [0.25, 0.3) is 0 Å². The number of alkyl carbamates (subject to hydrolysis) is 1. The number of hydrogen-bond donors (Lipinski definition) is 2. The predicted octanol–water partition coefficient (Wildman–Crippen LogP) is 2.69. The highest BCUT2D eigenvalue weighted by molar-refractivity contribution is 6.03. The summed E-state index contributed by atoms with van der Waals surface area (Å²) in [7, 11) is 1.92. The van der Waals surface area contributed by atoms with Crippen LogP contribution in [-0.2, 0) is 9.53 Å². The highest BCUT2D eigenvalue weighted by atomic mass is 16.6. The third-order valence-corrected chi connectivity index (χ3v) is 5.56. The van der Waals surface area contributed by atoms with Crippen LogP contribution >= 0.6 is 0 Å². The van der Waals surface area contributed by atoms with Crippen LogP contribution < -0.4 is 15.5 Å². The van der Waals surface area contributed by atoms with Crippen LogP contribution in [0.15, 0.2) is 18.2 Å². The molecule has 1 aromatic carbocycles. The van der Waals surface area contributed by atoms with Crippen molar-refractivity contribution in [3.8, 4) is 6.07 Å². The molecule has 8 nitrogen and oxygen atoms in total. The van der Waals surface area contributed by atoms with Gasteiger partial charge in [0.15, 0.2) is 0 Å². The second-order valence-electron chi connectivity index (χ2n) is 9.01. The molecule has 3 rings (SSSR count). The van der Waals surface area contributed by atoms with Gasteiger partial charge in [-0.3, -0.25) is 4.79 Å². The molecule has 2 N–H and O–H groups in total. The lowest BCUT2D eigenvalue weighted by atomic mass is 10.0. The predicted molar refractivity (Wildman–Crippen MR) is 115 cm³/mol. The van der Waals surface area contributed by atoms with Gasteiger partial charge in [-0.15, -0.1) is 0 Å². The summed E-state index contributed by atoms with van der Waals surface area (Å²) in [6, 6.07) is 7.34. The molecule has 2 aliphatic heterocycles. The number of likely N-dealkylation sites (N-methyl/N-ethyl adjacent to an activating group) is 1. The van der Waals surface area contributed by atoms with Crippen LogP contribution in [0.25, 0.3) is 0 Å². The lowest BCUT2D eigenvalue weighted by Gasteiger charge is -2.37. The Labute approximate surface area is 178 Å². The fraction of sp³-hybridized carbons (Fsp3) is 0.591. The molecule has 162 valence electrons. The van der Waals surface area contributed by atoms with Crippen LogP contribution in [0, 0.1) is 11.3 Å². The van der Waals surface area contributed by atoms with Gasteiger partial charge in [-0.2, -0.15) is 5.26 Å². The molecule has 1 saturated heterocycles. The van der Waals surface area contributed by atoms with Crippen molar-refractivity contribution in [3.05, 3.63) is 23.8 Å². The van der Waals surface area contributed by atoms with Gasteiger partial charge < -0.3 is 25.2 Å². The summed E-state index contributed by atoms with van der Waals surface area (Å²) in [5.41, 5.74) is 1.65. The number of piperidine rings is 1. The van der Waals surface area contributed by atoms with Crippen LogP contribution in [0.3, 0.4) is 0 Å². The Balaban J connectivity index is 1.48. The highest BCUT2D eigenvalue weighted by Crippen LogP contribution is 2.32. The first-order chi connectivity index (χ1) is 14.2. The van der Waals surface area contributed by atoms with Crippen molar-refractivity contribution in [3.63, 3.8) is 0 Å². The van der Waals surface area contributed by atoms with Crippen molar-refractivity contribution in [2.75, 3.05) is 36.9 Å². The molecule has 2 amide bonds. The Kier molecular flexibility index (Phi) is 6.52. The molecule has 0 radical (unpaired) electrons.